The molecule has 1 heterocycles. The average molecular weight is 289 g/mol. The molecule has 0 fully saturated rings. The Morgan fingerprint density at radius 3 is 2.58 bits per heavy atom. The predicted octanol–water partition coefficient (Wildman–Crippen LogP) is 0.511. The van der Waals surface area contributed by atoms with Crippen LogP contribution in [0.3, 0.4) is 0 Å². The largest absolute Gasteiger partial charge is 0.492 e. The van der Waals surface area contributed by atoms with Gasteiger partial charge in [0.25, 0.3) is 5.91 Å². The maximum absolute atomic E-state index is 11.2. The molecule has 108 valence electrons. The average Bonchev–Trinajstić information content (AvgIpc) is 2.71. The van der Waals surface area contributed by atoms with Crippen molar-refractivity contribution in [3.05, 3.63) is 4.88 Å². The van der Waals surface area contributed by atoms with Gasteiger partial charge in [0.05, 0.1) is 19.8 Å². The lowest BCUT2D eigenvalue weighted by molar-refractivity contribution is 0.0366. The smallest absolute Gasteiger partial charge is 0.261 e. The third-order valence-electron chi connectivity index (χ3n) is 2.50. The molecule has 0 aromatic carbocycles. The second-order valence-electron chi connectivity index (χ2n) is 3.77. The second kappa shape index (κ2) is 7.17. The molecular formula is C11H19N3O4S. The van der Waals surface area contributed by atoms with Gasteiger partial charge >= 0.3 is 0 Å². The fourth-order valence-electron chi connectivity index (χ4n) is 1.53. The molecule has 0 aliphatic heterocycles. The standard InChI is InChI=1S/C11H19N3O4S/c1-16-5-6(17-2)4-14-11-8(18-3)7(12)9(19-11)10(13)15/h6,14H,4-5,12H2,1-3H3,(H2,13,15). The van der Waals surface area contributed by atoms with Crippen LogP contribution >= 0.6 is 11.3 Å². The van der Waals surface area contributed by atoms with E-state index in [4.69, 9.17) is 25.7 Å². The minimum Gasteiger partial charge on any atom is -0.492 e. The zero-order chi connectivity index (χ0) is 14.4. The zero-order valence-corrected chi connectivity index (χ0v) is 12.0. The van der Waals surface area contributed by atoms with Gasteiger partial charge in [-0.05, 0) is 0 Å². The van der Waals surface area contributed by atoms with Gasteiger partial charge in [0.15, 0.2) is 5.75 Å². The third kappa shape index (κ3) is 3.72. The maximum atomic E-state index is 11.2. The molecule has 1 rings (SSSR count). The number of ether oxygens (including phenoxy) is 3. The lowest BCUT2D eigenvalue weighted by Gasteiger charge is -2.15. The molecule has 0 bridgehead atoms. The molecule has 1 aromatic rings. The van der Waals surface area contributed by atoms with E-state index in [0.717, 1.165) is 11.3 Å². The molecule has 8 heteroatoms. The Kier molecular flexibility index (Phi) is 5.87. The van der Waals surface area contributed by atoms with Crippen LogP contribution in [0.5, 0.6) is 5.75 Å². The quantitative estimate of drug-likeness (QED) is 0.643. The molecule has 0 radical (unpaired) electrons. The summed E-state index contributed by atoms with van der Waals surface area (Å²) in [6.45, 7) is 0.953. The fraction of sp³-hybridized carbons (Fsp3) is 0.545. The van der Waals surface area contributed by atoms with Crippen molar-refractivity contribution in [3.63, 3.8) is 0 Å². The first kappa shape index (κ1) is 15.5. The highest BCUT2D eigenvalue weighted by atomic mass is 32.1. The van der Waals surface area contributed by atoms with Gasteiger partial charge in [-0.1, -0.05) is 0 Å². The van der Waals surface area contributed by atoms with Crippen LogP contribution in [0.15, 0.2) is 0 Å². The van der Waals surface area contributed by atoms with Gasteiger partial charge in [-0.25, -0.2) is 0 Å². The van der Waals surface area contributed by atoms with Crippen molar-refractivity contribution < 1.29 is 19.0 Å². The minimum atomic E-state index is -0.575. The fourth-order valence-corrected chi connectivity index (χ4v) is 2.48. The van der Waals surface area contributed by atoms with Gasteiger partial charge in [0.1, 0.15) is 15.6 Å². The van der Waals surface area contributed by atoms with Crippen molar-refractivity contribution in [2.24, 2.45) is 5.73 Å². The molecule has 7 nitrogen and oxygen atoms in total. The summed E-state index contributed by atoms with van der Waals surface area (Å²) in [4.78, 5) is 11.5. The van der Waals surface area contributed by atoms with E-state index in [1.807, 2.05) is 0 Å². The molecule has 0 aliphatic carbocycles. The predicted molar refractivity (Wildman–Crippen MR) is 75.0 cm³/mol. The van der Waals surface area contributed by atoms with Crippen LogP contribution in [0.2, 0.25) is 0 Å². The Labute approximate surface area is 115 Å². The number of hydrogen-bond acceptors (Lipinski definition) is 7. The number of nitrogens with two attached hydrogens (primary N) is 2. The van der Waals surface area contributed by atoms with E-state index in [1.54, 1.807) is 14.2 Å². The number of primary amides is 1. The number of rotatable bonds is 8. The summed E-state index contributed by atoms with van der Waals surface area (Å²) in [5.41, 5.74) is 11.3. The Bertz CT molecular complexity index is 436. The molecule has 1 amide bonds. The van der Waals surface area contributed by atoms with Crippen molar-refractivity contribution in [3.8, 4) is 5.75 Å². The van der Waals surface area contributed by atoms with Crippen molar-refractivity contribution in [2.75, 3.05) is 45.5 Å². The Hall–Kier alpha value is -1.51. The Balaban J connectivity index is 2.83. The number of carbonyl (C=O) groups excluding carboxylic acids is 1. The first-order chi connectivity index (χ1) is 9.04. The summed E-state index contributed by atoms with van der Waals surface area (Å²) in [5.74, 6) is -0.153. The molecule has 1 unspecified atom stereocenters. The zero-order valence-electron chi connectivity index (χ0n) is 11.2. The molecule has 0 spiro atoms. The van der Waals surface area contributed by atoms with Crippen LogP contribution < -0.4 is 21.5 Å². The summed E-state index contributed by atoms with van der Waals surface area (Å²) in [6.07, 6.45) is -0.116. The van der Waals surface area contributed by atoms with Crippen molar-refractivity contribution in [2.45, 2.75) is 6.10 Å². The monoisotopic (exact) mass is 289 g/mol. The molecule has 0 saturated carbocycles. The number of thiophene rings is 1. The number of anilines is 2. The molecule has 0 aliphatic rings. The topological polar surface area (TPSA) is 109 Å². The van der Waals surface area contributed by atoms with Crippen LogP contribution in [0.25, 0.3) is 0 Å². The summed E-state index contributed by atoms with van der Waals surface area (Å²) in [7, 11) is 4.68. The van der Waals surface area contributed by atoms with Gasteiger partial charge < -0.3 is 31.0 Å². The molecular weight excluding hydrogens is 270 g/mol. The van der Waals surface area contributed by atoms with Gasteiger partial charge in [-0.2, -0.15) is 0 Å². The van der Waals surface area contributed by atoms with Gasteiger partial charge in [0.2, 0.25) is 0 Å². The SMILES string of the molecule is COCC(CNc1sc(C(N)=O)c(N)c1OC)OC. The minimum absolute atomic E-state index is 0.116. The molecule has 1 aromatic heterocycles. The van der Waals surface area contributed by atoms with Crippen molar-refractivity contribution in [1.29, 1.82) is 0 Å². The van der Waals surface area contributed by atoms with E-state index in [2.05, 4.69) is 5.32 Å². The van der Waals surface area contributed by atoms with E-state index in [-0.39, 0.29) is 16.7 Å². The van der Waals surface area contributed by atoms with E-state index >= 15 is 0 Å². The molecule has 1 atom stereocenters. The second-order valence-corrected chi connectivity index (χ2v) is 4.79. The van der Waals surface area contributed by atoms with Crippen LogP contribution in [-0.4, -0.2) is 46.5 Å². The third-order valence-corrected chi connectivity index (χ3v) is 3.66. The van der Waals surface area contributed by atoms with E-state index in [9.17, 15) is 4.79 Å². The highest BCUT2D eigenvalue weighted by molar-refractivity contribution is 7.19. The number of nitrogen functional groups attached to an aromatic ring is 1. The van der Waals surface area contributed by atoms with Crippen LogP contribution in [0.1, 0.15) is 9.67 Å². The van der Waals surface area contributed by atoms with Crippen LogP contribution in [0, 0.1) is 0 Å². The van der Waals surface area contributed by atoms with Gasteiger partial charge in [-0.3, -0.25) is 4.79 Å². The maximum Gasteiger partial charge on any atom is 0.261 e. The summed E-state index contributed by atoms with van der Waals surface area (Å²) >= 11 is 1.16. The number of methoxy groups -OCH3 is 3. The highest BCUT2D eigenvalue weighted by Gasteiger charge is 2.20. The molecule has 5 N–H and O–H groups in total. The van der Waals surface area contributed by atoms with Crippen LogP contribution in [-0.2, 0) is 9.47 Å². The number of amides is 1. The number of carbonyl (C=O) groups is 1. The summed E-state index contributed by atoms with van der Waals surface area (Å²) < 4.78 is 15.4. The molecule has 0 saturated heterocycles. The van der Waals surface area contributed by atoms with Gasteiger partial charge in [-0.15, -0.1) is 11.3 Å². The van der Waals surface area contributed by atoms with E-state index < -0.39 is 5.91 Å². The van der Waals surface area contributed by atoms with E-state index in [1.165, 1.54) is 7.11 Å². The van der Waals surface area contributed by atoms with Crippen molar-refractivity contribution in [1.82, 2.24) is 0 Å². The highest BCUT2D eigenvalue weighted by Crippen LogP contribution is 2.42. The summed E-state index contributed by atoms with van der Waals surface area (Å²) in [5, 5.41) is 3.76. The van der Waals surface area contributed by atoms with Crippen LogP contribution in [0.4, 0.5) is 10.7 Å². The normalized spacial score (nSPS) is 12.2. The number of nitrogens with one attached hydrogen (secondary N) is 1. The Morgan fingerprint density at radius 1 is 1.42 bits per heavy atom. The first-order valence-electron chi connectivity index (χ1n) is 5.56. The lowest BCUT2D eigenvalue weighted by atomic mass is 10.3. The van der Waals surface area contributed by atoms with E-state index in [0.29, 0.717) is 23.9 Å². The Morgan fingerprint density at radius 2 is 2.11 bits per heavy atom. The first-order valence-corrected chi connectivity index (χ1v) is 6.38. The number of hydrogen-bond donors (Lipinski definition) is 3. The van der Waals surface area contributed by atoms with Gasteiger partial charge in [0, 0.05) is 20.8 Å². The molecule has 19 heavy (non-hydrogen) atoms. The summed E-state index contributed by atoms with van der Waals surface area (Å²) in [6, 6.07) is 0. The lowest BCUT2D eigenvalue weighted by Crippen LogP contribution is -2.26. The van der Waals surface area contributed by atoms with Crippen molar-refractivity contribution >= 4 is 27.9 Å².